The molecule has 5 heteroatoms. The lowest BCUT2D eigenvalue weighted by Gasteiger charge is -2.23. The number of morpholine rings is 1. The second-order valence-corrected chi connectivity index (χ2v) is 3.17. The molecule has 1 saturated heterocycles. The van der Waals surface area contributed by atoms with Gasteiger partial charge in [-0.1, -0.05) is 11.6 Å². The molecule has 70 valence electrons. The van der Waals surface area contributed by atoms with Crippen molar-refractivity contribution in [2.45, 2.75) is 6.04 Å². The molecule has 0 spiro atoms. The molecule has 1 aliphatic heterocycles. The molecule has 1 aliphatic rings. The highest BCUT2D eigenvalue weighted by Gasteiger charge is 2.19. The van der Waals surface area contributed by atoms with Gasteiger partial charge in [-0.25, -0.2) is 4.98 Å². The van der Waals surface area contributed by atoms with Gasteiger partial charge in [0.15, 0.2) is 5.15 Å². The third-order valence-corrected chi connectivity index (χ3v) is 2.22. The maximum absolute atomic E-state index is 5.89. The van der Waals surface area contributed by atoms with E-state index in [4.69, 9.17) is 16.3 Å². The zero-order valence-electron chi connectivity index (χ0n) is 7.03. The van der Waals surface area contributed by atoms with E-state index < -0.39 is 0 Å². The number of nitrogens with one attached hydrogen (secondary N) is 1. The van der Waals surface area contributed by atoms with E-state index in [0.717, 1.165) is 18.8 Å². The Labute approximate surface area is 81.3 Å². The highest BCUT2D eigenvalue weighted by Crippen LogP contribution is 2.19. The van der Waals surface area contributed by atoms with Crippen molar-refractivity contribution >= 4 is 11.6 Å². The number of ether oxygens (including phenoxy) is 1. The lowest BCUT2D eigenvalue weighted by atomic mass is 10.2. The predicted octanol–water partition coefficient (Wildman–Crippen LogP) is 0.791. The minimum Gasteiger partial charge on any atom is -0.378 e. The van der Waals surface area contributed by atoms with Crippen LogP contribution >= 0.6 is 11.6 Å². The number of hydrogen-bond donors (Lipinski definition) is 1. The van der Waals surface area contributed by atoms with E-state index >= 15 is 0 Å². The van der Waals surface area contributed by atoms with Gasteiger partial charge in [0, 0.05) is 18.9 Å². The third kappa shape index (κ3) is 1.96. The van der Waals surface area contributed by atoms with E-state index in [1.54, 1.807) is 12.4 Å². The molecule has 0 aliphatic carbocycles. The zero-order chi connectivity index (χ0) is 9.10. The van der Waals surface area contributed by atoms with E-state index in [1.807, 2.05) is 0 Å². The fourth-order valence-electron chi connectivity index (χ4n) is 1.31. The molecule has 1 aromatic heterocycles. The summed E-state index contributed by atoms with van der Waals surface area (Å²) in [7, 11) is 0. The van der Waals surface area contributed by atoms with Crippen molar-refractivity contribution < 1.29 is 4.74 Å². The van der Waals surface area contributed by atoms with Gasteiger partial charge in [-0.2, -0.15) is 0 Å². The van der Waals surface area contributed by atoms with Gasteiger partial charge < -0.3 is 10.1 Å². The Bertz CT molecular complexity index is 288. The van der Waals surface area contributed by atoms with Crippen LogP contribution in [0.3, 0.4) is 0 Å². The van der Waals surface area contributed by atoms with Crippen LogP contribution in [0.1, 0.15) is 11.7 Å². The fourth-order valence-corrected chi connectivity index (χ4v) is 1.54. The Balaban J connectivity index is 2.18. The van der Waals surface area contributed by atoms with Crippen LogP contribution in [-0.2, 0) is 4.74 Å². The smallest absolute Gasteiger partial charge is 0.152 e. The molecule has 0 aromatic carbocycles. The van der Waals surface area contributed by atoms with Crippen molar-refractivity contribution in [3.05, 3.63) is 23.2 Å². The largest absolute Gasteiger partial charge is 0.378 e. The fraction of sp³-hybridized carbons (Fsp3) is 0.500. The third-order valence-electron chi connectivity index (χ3n) is 1.93. The second-order valence-electron chi connectivity index (χ2n) is 2.81. The molecule has 13 heavy (non-hydrogen) atoms. The topological polar surface area (TPSA) is 47.0 Å². The summed E-state index contributed by atoms with van der Waals surface area (Å²) in [5.41, 5.74) is 0.767. The molecular formula is C8H10ClN3O. The summed E-state index contributed by atoms with van der Waals surface area (Å²) in [5, 5.41) is 3.71. The van der Waals surface area contributed by atoms with Crippen LogP contribution in [0.15, 0.2) is 12.4 Å². The summed E-state index contributed by atoms with van der Waals surface area (Å²) in [6, 6.07) is 0.0787. The Kier molecular flexibility index (Phi) is 2.73. The minimum absolute atomic E-state index is 0.0787. The van der Waals surface area contributed by atoms with E-state index in [0.29, 0.717) is 11.8 Å². The van der Waals surface area contributed by atoms with Crippen molar-refractivity contribution in [3.63, 3.8) is 0 Å². The van der Waals surface area contributed by atoms with Crippen LogP contribution in [0, 0.1) is 0 Å². The number of nitrogens with zero attached hydrogens (tertiary/aromatic N) is 2. The first-order valence-corrected chi connectivity index (χ1v) is 4.53. The molecule has 4 nitrogen and oxygen atoms in total. The van der Waals surface area contributed by atoms with Gasteiger partial charge in [-0.15, -0.1) is 0 Å². The van der Waals surface area contributed by atoms with Gasteiger partial charge >= 0.3 is 0 Å². The van der Waals surface area contributed by atoms with Crippen molar-refractivity contribution in [1.29, 1.82) is 0 Å². The molecule has 2 heterocycles. The normalized spacial score (nSPS) is 23.0. The summed E-state index contributed by atoms with van der Waals surface area (Å²) in [5.74, 6) is 0. The Hall–Kier alpha value is -0.710. The maximum Gasteiger partial charge on any atom is 0.152 e. The molecule has 0 bridgehead atoms. The van der Waals surface area contributed by atoms with Gasteiger partial charge in [-0.05, 0) is 0 Å². The Morgan fingerprint density at radius 1 is 1.46 bits per heavy atom. The van der Waals surface area contributed by atoms with Gasteiger partial charge in [0.05, 0.1) is 24.9 Å². The number of hydrogen-bond acceptors (Lipinski definition) is 4. The Morgan fingerprint density at radius 2 is 2.31 bits per heavy atom. The van der Waals surface area contributed by atoms with Gasteiger partial charge in [0.2, 0.25) is 0 Å². The van der Waals surface area contributed by atoms with Crippen LogP contribution in [0.5, 0.6) is 0 Å². The van der Waals surface area contributed by atoms with Crippen molar-refractivity contribution in [3.8, 4) is 0 Å². The van der Waals surface area contributed by atoms with E-state index in [9.17, 15) is 0 Å². The van der Waals surface area contributed by atoms with Crippen LogP contribution in [0.25, 0.3) is 0 Å². The van der Waals surface area contributed by atoms with Crippen LogP contribution in [-0.4, -0.2) is 29.7 Å². The molecule has 0 saturated carbocycles. The first-order valence-electron chi connectivity index (χ1n) is 4.15. The van der Waals surface area contributed by atoms with E-state index in [2.05, 4.69) is 15.3 Å². The lowest BCUT2D eigenvalue weighted by molar-refractivity contribution is 0.0755. The minimum atomic E-state index is 0.0787. The average Bonchev–Trinajstić information content (AvgIpc) is 2.20. The monoisotopic (exact) mass is 199 g/mol. The Morgan fingerprint density at radius 3 is 3.00 bits per heavy atom. The number of aromatic nitrogens is 2. The van der Waals surface area contributed by atoms with Crippen LogP contribution < -0.4 is 5.32 Å². The molecule has 1 fully saturated rings. The van der Waals surface area contributed by atoms with Gasteiger partial charge in [-0.3, -0.25) is 4.98 Å². The van der Waals surface area contributed by atoms with Crippen LogP contribution in [0.4, 0.5) is 0 Å². The summed E-state index contributed by atoms with van der Waals surface area (Å²) in [4.78, 5) is 8.13. The summed E-state index contributed by atoms with van der Waals surface area (Å²) >= 11 is 5.89. The highest BCUT2D eigenvalue weighted by atomic mass is 35.5. The quantitative estimate of drug-likeness (QED) is 0.727. The molecule has 0 radical (unpaired) electrons. The molecule has 2 rings (SSSR count). The van der Waals surface area contributed by atoms with Crippen molar-refractivity contribution in [2.24, 2.45) is 0 Å². The summed E-state index contributed by atoms with van der Waals surface area (Å²) in [6.45, 7) is 2.18. The molecule has 0 amide bonds. The van der Waals surface area contributed by atoms with Crippen LogP contribution in [0.2, 0.25) is 5.15 Å². The molecule has 1 aromatic rings. The first-order chi connectivity index (χ1) is 6.38. The maximum atomic E-state index is 5.89. The number of halogens is 1. The second kappa shape index (κ2) is 4.00. The molecular weight excluding hydrogens is 190 g/mol. The van der Waals surface area contributed by atoms with E-state index in [-0.39, 0.29) is 6.04 Å². The van der Waals surface area contributed by atoms with Gasteiger partial charge in [0.25, 0.3) is 0 Å². The van der Waals surface area contributed by atoms with Crippen molar-refractivity contribution in [2.75, 3.05) is 19.8 Å². The lowest BCUT2D eigenvalue weighted by Crippen LogP contribution is -2.35. The first kappa shape index (κ1) is 8.87. The molecule has 1 N–H and O–H groups in total. The standard InChI is InChI=1S/C8H10ClN3O/c9-8-7(11-1-2-12-8)6-5-13-4-3-10-6/h1-2,6,10H,3-5H2. The SMILES string of the molecule is Clc1nccnc1C1COCCN1. The van der Waals surface area contributed by atoms with E-state index in [1.165, 1.54) is 0 Å². The zero-order valence-corrected chi connectivity index (χ0v) is 7.79. The van der Waals surface area contributed by atoms with Crippen molar-refractivity contribution in [1.82, 2.24) is 15.3 Å². The number of rotatable bonds is 1. The molecule has 1 unspecified atom stereocenters. The summed E-state index contributed by atoms with van der Waals surface area (Å²) in [6.07, 6.45) is 3.22. The predicted molar refractivity (Wildman–Crippen MR) is 48.6 cm³/mol. The molecule has 1 atom stereocenters. The van der Waals surface area contributed by atoms with Gasteiger partial charge in [0.1, 0.15) is 0 Å². The summed E-state index contributed by atoms with van der Waals surface area (Å²) < 4.78 is 5.30. The highest BCUT2D eigenvalue weighted by molar-refractivity contribution is 6.30. The average molecular weight is 200 g/mol.